The SMILES string of the molecule is CCOC(=O)c1c(NC(=O)C(CC)OC(=O)c2cnc3ccccc3n2)sc2c1CCCC2. The molecule has 9 heteroatoms. The van der Waals surface area contributed by atoms with E-state index in [1.54, 1.807) is 32.0 Å². The molecule has 1 aromatic carbocycles. The molecule has 1 unspecified atom stereocenters. The van der Waals surface area contributed by atoms with Crippen LogP contribution in [0.2, 0.25) is 0 Å². The minimum atomic E-state index is -1.04. The van der Waals surface area contributed by atoms with E-state index in [1.165, 1.54) is 17.5 Å². The van der Waals surface area contributed by atoms with Gasteiger partial charge in [-0.05, 0) is 56.7 Å². The Hall–Kier alpha value is -3.33. The van der Waals surface area contributed by atoms with Crippen molar-refractivity contribution < 1.29 is 23.9 Å². The van der Waals surface area contributed by atoms with Crippen molar-refractivity contribution in [2.24, 2.45) is 0 Å². The van der Waals surface area contributed by atoms with Crippen molar-refractivity contribution in [3.8, 4) is 0 Å². The van der Waals surface area contributed by atoms with E-state index in [0.29, 0.717) is 21.6 Å². The number of rotatable bonds is 7. The van der Waals surface area contributed by atoms with Gasteiger partial charge in [0.05, 0.1) is 29.4 Å². The highest BCUT2D eigenvalue weighted by atomic mass is 32.1. The maximum absolute atomic E-state index is 13.0. The molecule has 1 aliphatic carbocycles. The topological polar surface area (TPSA) is 107 Å². The number of esters is 2. The number of benzene rings is 1. The first kappa shape index (κ1) is 22.8. The Kier molecular flexibility index (Phi) is 6.98. The van der Waals surface area contributed by atoms with Gasteiger partial charge in [-0.25, -0.2) is 14.6 Å². The number of fused-ring (bicyclic) bond motifs is 2. The standard InChI is InChI=1S/C24H25N3O5S/c1-3-18(32-23(29)17-13-25-15-10-6-7-11-16(15)26-17)21(28)27-22-20(24(30)31-4-2)14-9-5-8-12-19(14)33-22/h6-7,10-11,13,18H,3-5,8-9,12H2,1-2H3,(H,27,28). The van der Waals surface area contributed by atoms with E-state index in [4.69, 9.17) is 9.47 Å². The number of carbonyl (C=O) groups is 3. The maximum atomic E-state index is 13.0. The van der Waals surface area contributed by atoms with Crippen LogP contribution >= 0.6 is 11.3 Å². The lowest BCUT2D eigenvalue weighted by Gasteiger charge is -2.16. The highest BCUT2D eigenvalue weighted by Crippen LogP contribution is 2.38. The smallest absolute Gasteiger partial charge is 0.359 e. The predicted molar refractivity (Wildman–Crippen MR) is 125 cm³/mol. The number of ether oxygens (including phenoxy) is 2. The molecule has 1 aliphatic rings. The molecule has 172 valence electrons. The average molecular weight is 468 g/mol. The van der Waals surface area contributed by atoms with E-state index in [0.717, 1.165) is 36.1 Å². The van der Waals surface area contributed by atoms with E-state index in [9.17, 15) is 14.4 Å². The normalized spacial score (nSPS) is 13.8. The lowest BCUT2D eigenvalue weighted by Crippen LogP contribution is -2.32. The zero-order valence-electron chi connectivity index (χ0n) is 18.6. The summed E-state index contributed by atoms with van der Waals surface area (Å²) in [4.78, 5) is 47.9. The summed E-state index contributed by atoms with van der Waals surface area (Å²) in [7, 11) is 0. The van der Waals surface area contributed by atoms with E-state index in [1.807, 2.05) is 6.07 Å². The van der Waals surface area contributed by atoms with Gasteiger partial charge in [0.1, 0.15) is 5.00 Å². The number of hydrogen-bond donors (Lipinski definition) is 1. The Morgan fingerprint density at radius 3 is 2.61 bits per heavy atom. The van der Waals surface area contributed by atoms with Crippen LogP contribution in [0.4, 0.5) is 5.00 Å². The van der Waals surface area contributed by atoms with Gasteiger partial charge in [0, 0.05) is 4.88 Å². The van der Waals surface area contributed by atoms with Crippen molar-refractivity contribution in [3.63, 3.8) is 0 Å². The van der Waals surface area contributed by atoms with Crippen molar-refractivity contribution in [2.45, 2.75) is 52.1 Å². The molecule has 3 aromatic rings. The molecule has 1 atom stereocenters. The van der Waals surface area contributed by atoms with Crippen LogP contribution in [0.15, 0.2) is 30.5 Å². The Balaban J connectivity index is 1.52. The number of carbonyl (C=O) groups excluding carboxylic acids is 3. The average Bonchev–Trinajstić information content (AvgIpc) is 3.19. The third-order valence-electron chi connectivity index (χ3n) is 5.46. The third-order valence-corrected chi connectivity index (χ3v) is 6.67. The maximum Gasteiger partial charge on any atom is 0.359 e. The molecule has 0 fully saturated rings. The van der Waals surface area contributed by atoms with Crippen LogP contribution in [0.5, 0.6) is 0 Å². The van der Waals surface area contributed by atoms with Crippen molar-refractivity contribution in [1.82, 2.24) is 9.97 Å². The summed E-state index contributed by atoms with van der Waals surface area (Å²) >= 11 is 1.39. The molecule has 0 spiro atoms. The molecule has 0 radical (unpaired) electrons. The molecule has 0 aliphatic heterocycles. The lowest BCUT2D eigenvalue weighted by molar-refractivity contribution is -0.124. The molecule has 8 nitrogen and oxygen atoms in total. The van der Waals surface area contributed by atoms with Crippen LogP contribution in [0.1, 0.15) is 64.4 Å². The zero-order chi connectivity index (χ0) is 23.4. The van der Waals surface area contributed by atoms with Gasteiger partial charge in [-0.3, -0.25) is 9.78 Å². The number of aryl methyl sites for hydroxylation is 1. The Labute approximate surface area is 195 Å². The fraction of sp³-hybridized carbons (Fsp3) is 0.375. The molecular formula is C24H25N3O5S. The summed E-state index contributed by atoms with van der Waals surface area (Å²) in [5.41, 5.74) is 2.63. The molecule has 2 heterocycles. The molecule has 0 bridgehead atoms. The highest BCUT2D eigenvalue weighted by Gasteiger charge is 2.30. The number of para-hydroxylation sites is 2. The molecule has 0 saturated heterocycles. The number of nitrogens with one attached hydrogen (secondary N) is 1. The first-order chi connectivity index (χ1) is 16.0. The number of aromatic nitrogens is 2. The monoisotopic (exact) mass is 467 g/mol. The lowest BCUT2D eigenvalue weighted by atomic mass is 9.95. The number of thiophene rings is 1. The summed E-state index contributed by atoms with van der Waals surface area (Å²) in [5.74, 6) is -1.67. The van der Waals surface area contributed by atoms with Crippen LogP contribution < -0.4 is 5.32 Å². The van der Waals surface area contributed by atoms with Crippen molar-refractivity contribution in [1.29, 1.82) is 0 Å². The van der Waals surface area contributed by atoms with E-state index >= 15 is 0 Å². The Bertz CT molecular complexity index is 1210. The Morgan fingerprint density at radius 2 is 1.85 bits per heavy atom. The van der Waals surface area contributed by atoms with E-state index < -0.39 is 23.9 Å². The van der Waals surface area contributed by atoms with Gasteiger partial charge in [-0.2, -0.15) is 0 Å². The van der Waals surface area contributed by atoms with E-state index in [2.05, 4.69) is 15.3 Å². The van der Waals surface area contributed by atoms with Gasteiger partial charge in [-0.15, -0.1) is 11.3 Å². The molecule has 1 N–H and O–H groups in total. The summed E-state index contributed by atoms with van der Waals surface area (Å²) in [5, 5.41) is 3.26. The van der Waals surface area contributed by atoms with Crippen molar-refractivity contribution >= 4 is 45.2 Å². The van der Waals surface area contributed by atoms with Crippen molar-refractivity contribution in [3.05, 3.63) is 52.2 Å². The highest BCUT2D eigenvalue weighted by molar-refractivity contribution is 7.17. The number of amides is 1. The molecule has 2 aromatic heterocycles. The zero-order valence-corrected chi connectivity index (χ0v) is 19.4. The molecular weight excluding hydrogens is 442 g/mol. The minimum Gasteiger partial charge on any atom is -0.462 e. The van der Waals surface area contributed by atoms with Crippen LogP contribution in [-0.2, 0) is 27.1 Å². The van der Waals surface area contributed by atoms with Gasteiger partial charge in [0.2, 0.25) is 0 Å². The summed E-state index contributed by atoms with van der Waals surface area (Å²) in [6, 6.07) is 7.18. The van der Waals surface area contributed by atoms with Gasteiger partial charge in [0.25, 0.3) is 5.91 Å². The van der Waals surface area contributed by atoms with Crippen LogP contribution in [0.25, 0.3) is 11.0 Å². The van der Waals surface area contributed by atoms with Gasteiger partial charge < -0.3 is 14.8 Å². The Morgan fingerprint density at radius 1 is 1.09 bits per heavy atom. The number of hydrogen-bond acceptors (Lipinski definition) is 8. The third kappa shape index (κ3) is 4.88. The van der Waals surface area contributed by atoms with Gasteiger partial charge in [-0.1, -0.05) is 19.1 Å². The number of anilines is 1. The number of nitrogens with zero attached hydrogens (tertiary/aromatic N) is 2. The first-order valence-corrected chi connectivity index (χ1v) is 11.9. The predicted octanol–water partition coefficient (Wildman–Crippen LogP) is 4.32. The van der Waals surface area contributed by atoms with Crippen LogP contribution in [0.3, 0.4) is 0 Å². The van der Waals surface area contributed by atoms with Gasteiger partial charge in [0.15, 0.2) is 11.8 Å². The molecule has 0 saturated carbocycles. The fourth-order valence-electron chi connectivity index (χ4n) is 3.83. The molecule has 33 heavy (non-hydrogen) atoms. The second-order valence-corrected chi connectivity index (χ2v) is 8.78. The quantitative estimate of drug-likeness (QED) is 0.516. The van der Waals surface area contributed by atoms with Gasteiger partial charge >= 0.3 is 11.9 Å². The summed E-state index contributed by atoms with van der Waals surface area (Å²) in [6.45, 7) is 3.74. The second-order valence-electron chi connectivity index (χ2n) is 7.67. The summed E-state index contributed by atoms with van der Waals surface area (Å²) in [6.07, 6.45) is 4.24. The van der Waals surface area contributed by atoms with Crippen LogP contribution in [0, 0.1) is 0 Å². The minimum absolute atomic E-state index is 0.0266. The molecule has 4 rings (SSSR count). The molecule has 1 amide bonds. The summed E-state index contributed by atoms with van der Waals surface area (Å²) < 4.78 is 10.7. The van der Waals surface area contributed by atoms with Crippen LogP contribution in [-0.4, -0.2) is 40.5 Å². The fourth-order valence-corrected chi connectivity index (χ4v) is 5.11. The van der Waals surface area contributed by atoms with Crippen molar-refractivity contribution in [2.75, 3.05) is 11.9 Å². The largest absolute Gasteiger partial charge is 0.462 e. The second kappa shape index (κ2) is 10.1. The first-order valence-electron chi connectivity index (χ1n) is 11.1. The van der Waals surface area contributed by atoms with E-state index in [-0.39, 0.29) is 18.7 Å².